The summed E-state index contributed by atoms with van der Waals surface area (Å²) in [6.07, 6.45) is 1.07. The maximum Gasteiger partial charge on any atom is 0.272 e. The zero-order valence-corrected chi connectivity index (χ0v) is 15.1. The first-order valence-electron chi connectivity index (χ1n) is 8.26. The van der Waals surface area contributed by atoms with Crippen LogP contribution >= 0.6 is 11.6 Å². The third kappa shape index (κ3) is 4.20. The topological polar surface area (TPSA) is 67.2 Å². The molecule has 132 valence electrons. The molecule has 2 amide bonds. The van der Waals surface area contributed by atoms with Gasteiger partial charge in [0.2, 0.25) is 5.91 Å². The number of benzene rings is 1. The minimum Gasteiger partial charge on any atom is -0.346 e. The molecule has 6 nitrogen and oxygen atoms in total. The Kier molecular flexibility index (Phi) is 5.08. The number of amides is 2. The van der Waals surface area contributed by atoms with E-state index in [0.717, 1.165) is 17.7 Å². The van der Waals surface area contributed by atoms with Gasteiger partial charge in [0, 0.05) is 37.3 Å². The number of hydrogen-bond acceptors (Lipinski definition) is 3. The lowest BCUT2D eigenvalue weighted by atomic mass is 10.1. The van der Waals surface area contributed by atoms with Crippen molar-refractivity contribution in [2.75, 3.05) is 13.1 Å². The Morgan fingerprint density at radius 2 is 2.20 bits per heavy atom. The lowest BCUT2D eigenvalue weighted by Gasteiger charge is -2.17. The molecule has 1 unspecified atom stereocenters. The summed E-state index contributed by atoms with van der Waals surface area (Å²) < 4.78 is 1.66. The van der Waals surface area contributed by atoms with Crippen molar-refractivity contribution >= 4 is 23.4 Å². The van der Waals surface area contributed by atoms with Crippen LogP contribution in [0.1, 0.15) is 28.2 Å². The highest BCUT2D eigenvalue weighted by molar-refractivity contribution is 6.30. The molecule has 25 heavy (non-hydrogen) atoms. The fourth-order valence-corrected chi connectivity index (χ4v) is 3.19. The summed E-state index contributed by atoms with van der Waals surface area (Å²) in [5.41, 5.74) is 2.39. The maximum absolute atomic E-state index is 12.3. The molecule has 1 atom stereocenters. The van der Waals surface area contributed by atoms with Crippen molar-refractivity contribution in [1.82, 2.24) is 20.0 Å². The molecule has 1 N–H and O–H groups in total. The van der Waals surface area contributed by atoms with Crippen LogP contribution in [0.2, 0.25) is 5.02 Å². The summed E-state index contributed by atoms with van der Waals surface area (Å²) in [6.45, 7) is 3.03. The number of nitrogens with one attached hydrogen (secondary N) is 1. The number of hydrogen-bond donors (Lipinski definition) is 1. The lowest BCUT2D eigenvalue weighted by Crippen LogP contribution is -2.37. The summed E-state index contributed by atoms with van der Waals surface area (Å²) in [7, 11) is 1.79. The van der Waals surface area contributed by atoms with Crippen molar-refractivity contribution in [3.63, 3.8) is 0 Å². The van der Waals surface area contributed by atoms with Crippen molar-refractivity contribution < 1.29 is 9.59 Å². The van der Waals surface area contributed by atoms with Crippen molar-refractivity contribution in [1.29, 1.82) is 0 Å². The SMILES string of the molecule is Cc1cc(C(=O)NC2CC(=O)N(CCc3cccc(Cl)c3)C2)nn1C. The Morgan fingerprint density at radius 1 is 1.40 bits per heavy atom. The first kappa shape index (κ1) is 17.5. The normalized spacial score (nSPS) is 17.2. The Bertz CT molecular complexity index is 783. The van der Waals surface area contributed by atoms with E-state index in [1.165, 1.54) is 0 Å². The molecule has 2 heterocycles. The molecule has 7 heteroatoms. The van der Waals surface area contributed by atoms with Gasteiger partial charge in [0.05, 0.1) is 6.04 Å². The highest BCUT2D eigenvalue weighted by atomic mass is 35.5. The van der Waals surface area contributed by atoms with Crippen LogP contribution in [0, 0.1) is 6.92 Å². The van der Waals surface area contributed by atoms with Crippen LogP contribution in [0.25, 0.3) is 0 Å². The molecule has 1 aromatic carbocycles. The molecule has 1 aliphatic rings. The predicted octanol–water partition coefficient (Wildman–Crippen LogP) is 1.96. The maximum atomic E-state index is 12.3. The van der Waals surface area contributed by atoms with Gasteiger partial charge in [-0.15, -0.1) is 0 Å². The number of carbonyl (C=O) groups is 2. The van der Waals surface area contributed by atoms with E-state index in [9.17, 15) is 9.59 Å². The molecule has 0 radical (unpaired) electrons. The zero-order valence-electron chi connectivity index (χ0n) is 14.3. The van der Waals surface area contributed by atoms with E-state index >= 15 is 0 Å². The van der Waals surface area contributed by atoms with Gasteiger partial charge < -0.3 is 10.2 Å². The fourth-order valence-electron chi connectivity index (χ4n) is 2.97. The average Bonchev–Trinajstić information content (AvgIpc) is 3.08. The van der Waals surface area contributed by atoms with Gasteiger partial charge in [-0.3, -0.25) is 14.3 Å². The number of aromatic nitrogens is 2. The summed E-state index contributed by atoms with van der Waals surface area (Å²) >= 11 is 5.98. The number of halogens is 1. The highest BCUT2D eigenvalue weighted by Crippen LogP contribution is 2.15. The zero-order chi connectivity index (χ0) is 18.0. The van der Waals surface area contributed by atoms with Gasteiger partial charge >= 0.3 is 0 Å². The van der Waals surface area contributed by atoms with Crippen molar-refractivity contribution in [2.45, 2.75) is 25.8 Å². The Labute approximate surface area is 151 Å². The molecule has 2 aromatic rings. The van der Waals surface area contributed by atoms with Crippen LogP contribution in [0.3, 0.4) is 0 Å². The Balaban J connectivity index is 1.54. The molecule has 3 rings (SSSR count). The lowest BCUT2D eigenvalue weighted by molar-refractivity contribution is -0.127. The number of aryl methyl sites for hydroxylation is 2. The minimum atomic E-state index is -0.238. The Hall–Kier alpha value is -2.34. The average molecular weight is 361 g/mol. The van der Waals surface area contributed by atoms with Crippen molar-refractivity contribution in [3.05, 3.63) is 52.3 Å². The van der Waals surface area contributed by atoms with Crippen LogP contribution in [0.15, 0.2) is 30.3 Å². The van der Waals surface area contributed by atoms with Gasteiger partial charge in [-0.2, -0.15) is 5.10 Å². The molecule has 1 aliphatic heterocycles. The van der Waals surface area contributed by atoms with Crippen LogP contribution in [0.5, 0.6) is 0 Å². The van der Waals surface area contributed by atoms with E-state index in [2.05, 4.69) is 10.4 Å². The second kappa shape index (κ2) is 7.27. The van der Waals surface area contributed by atoms with Crippen molar-refractivity contribution in [3.8, 4) is 0 Å². The number of rotatable bonds is 5. The smallest absolute Gasteiger partial charge is 0.272 e. The summed E-state index contributed by atoms with van der Waals surface area (Å²) in [5, 5.41) is 7.77. The third-order valence-electron chi connectivity index (χ3n) is 4.46. The Morgan fingerprint density at radius 3 is 2.88 bits per heavy atom. The largest absolute Gasteiger partial charge is 0.346 e. The number of nitrogens with zero attached hydrogens (tertiary/aromatic N) is 3. The summed E-state index contributed by atoms with van der Waals surface area (Å²) in [6, 6.07) is 9.20. The molecule has 0 bridgehead atoms. The third-order valence-corrected chi connectivity index (χ3v) is 4.69. The molecule has 0 aliphatic carbocycles. The van der Waals surface area contributed by atoms with Gasteiger partial charge in [0.1, 0.15) is 5.69 Å². The first-order chi connectivity index (χ1) is 11.9. The monoisotopic (exact) mass is 360 g/mol. The fraction of sp³-hybridized carbons (Fsp3) is 0.389. The summed E-state index contributed by atoms with van der Waals surface area (Å²) in [4.78, 5) is 26.2. The van der Waals surface area contributed by atoms with E-state index in [0.29, 0.717) is 30.2 Å². The second-order valence-corrected chi connectivity index (χ2v) is 6.83. The number of likely N-dealkylation sites (tertiary alicyclic amines) is 1. The van der Waals surface area contributed by atoms with Crippen LogP contribution in [-0.4, -0.2) is 45.6 Å². The minimum absolute atomic E-state index is 0.0597. The molecule has 1 fully saturated rings. The van der Waals surface area contributed by atoms with Gasteiger partial charge in [-0.25, -0.2) is 0 Å². The molecular formula is C18H21ClN4O2. The van der Waals surface area contributed by atoms with Crippen LogP contribution < -0.4 is 5.32 Å². The molecule has 0 saturated carbocycles. The molecule has 1 saturated heterocycles. The molecule has 0 spiro atoms. The molecule has 1 aromatic heterocycles. The predicted molar refractivity (Wildman–Crippen MR) is 95.6 cm³/mol. The second-order valence-electron chi connectivity index (χ2n) is 6.39. The van der Waals surface area contributed by atoms with Gasteiger partial charge in [-0.1, -0.05) is 23.7 Å². The van der Waals surface area contributed by atoms with Crippen molar-refractivity contribution in [2.24, 2.45) is 7.05 Å². The van der Waals surface area contributed by atoms with Gasteiger partial charge in [0.15, 0.2) is 0 Å². The van der Waals surface area contributed by atoms with Crippen LogP contribution in [0.4, 0.5) is 0 Å². The van der Waals surface area contributed by atoms with Gasteiger partial charge in [0.25, 0.3) is 5.91 Å². The van der Waals surface area contributed by atoms with E-state index < -0.39 is 0 Å². The quantitative estimate of drug-likeness (QED) is 0.886. The molecular weight excluding hydrogens is 340 g/mol. The van der Waals surface area contributed by atoms with E-state index in [-0.39, 0.29) is 17.9 Å². The van der Waals surface area contributed by atoms with Gasteiger partial charge in [-0.05, 0) is 37.1 Å². The number of carbonyl (C=O) groups excluding carboxylic acids is 2. The summed E-state index contributed by atoms with van der Waals surface area (Å²) in [5.74, 6) is -0.178. The van der Waals surface area contributed by atoms with Crippen LogP contribution in [-0.2, 0) is 18.3 Å². The van der Waals surface area contributed by atoms with E-state index in [1.807, 2.05) is 31.2 Å². The van der Waals surface area contributed by atoms with E-state index in [4.69, 9.17) is 11.6 Å². The highest BCUT2D eigenvalue weighted by Gasteiger charge is 2.30. The first-order valence-corrected chi connectivity index (χ1v) is 8.64. The standard InChI is InChI=1S/C18H21ClN4O2/c1-12-8-16(21-22(12)2)18(25)20-15-10-17(24)23(11-15)7-6-13-4-3-5-14(19)9-13/h3-5,8-9,15H,6-7,10-11H2,1-2H3,(H,20,25). The van der Waals surface area contributed by atoms with E-state index in [1.54, 1.807) is 22.7 Å².